The van der Waals surface area contributed by atoms with E-state index >= 15 is 0 Å². The number of nitrogens with two attached hydrogens (primary N) is 1. The van der Waals surface area contributed by atoms with Gasteiger partial charge in [-0.25, -0.2) is 0 Å². The maximum absolute atomic E-state index is 11.7. The van der Waals surface area contributed by atoms with Crippen molar-refractivity contribution in [3.05, 3.63) is 28.8 Å². The Bertz CT molecular complexity index is 410. The van der Waals surface area contributed by atoms with Crippen molar-refractivity contribution in [3.8, 4) is 0 Å². The monoisotopic (exact) mass is 254 g/mol. The van der Waals surface area contributed by atoms with Crippen molar-refractivity contribution in [1.82, 2.24) is 0 Å². The Morgan fingerprint density at radius 1 is 1.47 bits per heavy atom. The summed E-state index contributed by atoms with van der Waals surface area (Å²) in [6.45, 7) is 5.70. The average molecular weight is 255 g/mol. The molecule has 0 aromatic heterocycles. The first-order valence-corrected chi connectivity index (χ1v) is 6.01. The van der Waals surface area contributed by atoms with E-state index < -0.39 is 0 Å². The summed E-state index contributed by atoms with van der Waals surface area (Å²) >= 11 is 5.98. The fourth-order valence-corrected chi connectivity index (χ4v) is 1.57. The van der Waals surface area contributed by atoms with Crippen molar-refractivity contribution < 1.29 is 4.79 Å². The summed E-state index contributed by atoms with van der Waals surface area (Å²) < 4.78 is 0. The van der Waals surface area contributed by atoms with Gasteiger partial charge in [0.1, 0.15) is 0 Å². The van der Waals surface area contributed by atoms with Gasteiger partial charge in [-0.15, -0.1) is 0 Å². The van der Waals surface area contributed by atoms with Gasteiger partial charge in [0.15, 0.2) is 0 Å². The van der Waals surface area contributed by atoms with Gasteiger partial charge in [-0.1, -0.05) is 17.7 Å². The number of hydrogen-bond donors (Lipinski definition) is 2. The molecule has 0 spiro atoms. The van der Waals surface area contributed by atoms with Gasteiger partial charge >= 0.3 is 0 Å². The Morgan fingerprint density at radius 2 is 2.12 bits per heavy atom. The van der Waals surface area contributed by atoms with E-state index in [1.54, 1.807) is 6.07 Å². The first-order valence-electron chi connectivity index (χ1n) is 5.63. The SMILES string of the molecule is Cc1c(Cl)cccc1NC(=O)CCC(C)(C)N. The van der Waals surface area contributed by atoms with Crippen LogP contribution in [0.25, 0.3) is 0 Å². The van der Waals surface area contributed by atoms with Crippen LogP contribution >= 0.6 is 11.6 Å². The van der Waals surface area contributed by atoms with Gasteiger partial charge in [0.2, 0.25) is 5.91 Å². The van der Waals surface area contributed by atoms with E-state index in [-0.39, 0.29) is 11.4 Å². The number of carbonyl (C=O) groups is 1. The van der Waals surface area contributed by atoms with Crippen molar-refractivity contribution in [1.29, 1.82) is 0 Å². The zero-order valence-electron chi connectivity index (χ0n) is 10.5. The Kier molecular flexibility index (Phi) is 4.54. The fourth-order valence-electron chi connectivity index (χ4n) is 1.39. The van der Waals surface area contributed by atoms with Gasteiger partial charge in [-0.05, 0) is 44.9 Å². The molecule has 0 heterocycles. The predicted octanol–water partition coefficient (Wildman–Crippen LogP) is 3.10. The number of carbonyl (C=O) groups excluding carboxylic acids is 1. The Morgan fingerprint density at radius 3 is 2.71 bits per heavy atom. The zero-order chi connectivity index (χ0) is 13.1. The van der Waals surface area contributed by atoms with E-state index in [0.29, 0.717) is 17.9 Å². The molecule has 0 fully saturated rings. The highest BCUT2D eigenvalue weighted by molar-refractivity contribution is 6.31. The van der Waals surface area contributed by atoms with Crippen molar-refractivity contribution in [3.63, 3.8) is 0 Å². The fraction of sp³-hybridized carbons (Fsp3) is 0.462. The molecule has 0 aliphatic carbocycles. The van der Waals surface area contributed by atoms with Crippen LogP contribution in [0.5, 0.6) is 0 Å². The first kappa shape index (κ1) is 14.0. The number of amides is 1. The molecule has 1 amide bonds. The van der Waals surface area contributed by atoms with Gasteiger partial charge < -0.3 is 11.1 Å². The largest absolute Gasteiger partial charge is 0.326 e. The summed E-state index contributed by atoms with van der Waals surface area (Å²) in [4.78, 5) is 11.7. The van der Waals surface area contributed by atoms with Crippen LogP contribution in [0.15, 0.2) is 18.2 Å². The van der Waals surface area contributed by atoms with E-state index in [1.165, 1.54) is 0 Å². The molecule has 94 valence electrons. The minimum atomic E-state index is -0.319. The second kappa shape index (κ2) is 5.52. The van der Waals surface area contributed by atoms with Gasteiger partial charge in [0.25, 0.3) is 0 Å². The lowest BCUT2D eigenvalue weighted by molar-refractivity contribution is -0.116. The van der Waals surface area contributed by atoms with Crippen LogP contribution in [0.1, 0.15) is 32.3 Å². The highest BCUT2D eigenvalue weighted by Gasteiger charge is 2.14. The van der Waals surface area contributed by atoms with E-state index in [2.05, 4.69) is 5.32 Å². The van der Waals surface area contributed by atoms with Crippen molar-refractivity contribution >= 4 is 23.2 Å². The third-order valence-electron chi connectivity index (χ3n) is 2.54. The van der Waals surface area contributed by atoms with Crippen LogP contribution in [0.2, 0.25) is 5.02 Å². The number of benzene rings is 1. The zero-order valence-corrected chi connectivity index (χ0v) is 11.3. The topological polar surface area (TPSA) is 55.1 Å². The van der Waals surface area contributed by atoms with E-state index in [4.69, 9.17) is 17.3 Å². The van der Waals surface area contributed by atoms with E-state index in [0.717, 1.165) is 11.3 Å². The van der Waals surface area contributed by atoms with Crippen LogP contribution in [-0.4, -0.2) is 11.4 Å². The molecular weight excluding hydrogens is 236 g/mol. The third kappa shape index (κ3) is 4.75. The lowest BCUT2D eigenvalue weighted by atomic mass is 10.00. The van der Waals surface area contributed by atoms with Crippen molar-refractivity contribution in [2.75, 3.05) is 5.32 Å². The molecular formula is C13H19ClN2O. The highest BCUT2D eigenvalue weighted by Crippen LogP contribution is 2.23. The lowest BCUT2D eigenvalue weighted by Gasteiger charge is -2.18. The third-order valence-corrected chi connectivity index (χ3v) is 2.95. The Hall–Kier alpha value is -1.06. The summed E-state index contributed by atoms with van der Waals surface area (Å²) in [5.74, 6) is -0.0334. The molecule has 17 heavy (non-hydrogen) atoms. The number of halogens is 1. The predicted molar refractivity (Wildman–Crippen MR) is 72.3 cm³/mol. The minimum absolute atomic E-state index is 0.0334. The van der Waals surface area contributed by atoms with Crippen LogP contribution < -0.4 is 11.1 Å². The number of rotatable bonds is 4. The summed E-state index contributed by atoms with van der Waals surface area (Å²) in [6.07, 6.45) is 1.06. The number of anilines is 1. The molecule has 0 radical (unpaired) electrons. The van der Waals surface area contributed by atoms with Crippen molar-refractivity contribution in [2.45, 2.75) is 39.2 Å². The van der Waals surface area contributed by atoms with Crippen LogP contribution in [0.4, 0.5) is 5.69 Å². The molecule has 1 rings (SSSR count). The van der Waals surface area contributed by atoms with Crippen LogP contribution in [0, 0.1) is 6.92 Å². The summed E-state index contributed by atoms with van der Waals surface area (Å²) in [7, 11) is 0. The normalized spacial score (nSPS) is 11.4. The second-order valence-corrected chi connectivity index (χ2v) is 5.36. The maximum Gasteiger partial charge on any atom is 0.224 e. The molecule has 0 unspecified atom stereocenters. The quantitative estimate of drug-likeness (QED) is 0.868. The van der Waals surface area contributed by atoms with Gasteiger partial charge in [-0.2, -0.15) is 0 Å². The Labute approximate surface area is 107 Å². The van der Waals surface area contributed by atoms with Crippen molar-refractivity contribution in [2.24, 2.45) is 5.73 Å². The summed E-state index contributed by atoms with van der Waals surface area (Å²) in [5.41, 5.74) is 7.16. The van der Waals surface area contributed by atoms with E-state index in [9.17, 15) is 4.79 Å². The van der Waals surface area contributed by atoms with Gasteiger partial charge in [0.05, 0.1) is 0 Å². The van der Waals surface area contributed by atoms with Crippen LogP contribution in [-0.2, 0) is 4.79 Å². The molecule has 0 saturated heterocycles. The van der Waals surface area contributed by atoms with Gasteiger partial charge in [0, 0.05) is 22.7 Å². The molecule has 0 aliphatic rings. The second-order valence-electron chi connectivity index (χ2n) is 4.95. The smallest absolute Gasteiger partial charge is 0.224 e. The molecule has 3 nitrogen and oxygen atoms in total. The average Bonchev–Trinajstić information content (AvgIpc) is 2.21. The molecule has 1 aromatic rings. The van der Waals surface area contributed by atoms with Crippen LogP contribution in [0.3, 0.4) is 0 Å². The maximum atomic E-state index is 11.7. The summed E-state index contributed by atoms with van der Waals surface area (Å²) in [5, 5.41) is 3.50. The molecule has 0 bridgehead atoms. The molecule has 3 N–H and O–H groups in total. The standard InChI is InChI=1S/C13H19ClN2O/c1-9-10(14)5-4-6-11(9)16-12(17)7-8-13(2,3)15/h4-6H,7-8,15H2,1-3H3,(H,16,17). The lowest BCUT2D eigenvalue weighted by Crippen LogP contribution is -2.33. The highest BCUT2D eigenvalue weighted by atomic mass is 35.5. The number of hydrogen-bond acceptors (Lipinski definition) is 2. The Balaban J connectivity index is 2.60. The molecule has 1 aromatic carbocycles. The molecule has 0 atom stereocenters. The summed E-state index contributed by atoms with van der Waals surface area (Å²) in [6, 6.07) is 5.46. The molecule has 4 heteroatoms. The van der Waals surface area contributed by atoms with Gasteiger partial charge in [-0.3, -0.25) is 4.79 Å². The number of nitrogens with one attached hydrogen (secondary N) is 1. The van der Waals surface area contributed by atoms with E-state index in [1.807, 2.05) is 32.9 Å². The first-order chi connectivity index (χ1) is 7.79. The minimum Gasteiger partial charge on any atom is -0.326 e. The molecule has 0 aliphatic heterocycles. The molecule has 0 saturated carbocycles.